The van der Waals surface area contributed by atoms with Crippen molar-refractivity contribution in [2.45, 2.75) is 40.0 Å². The molecule has 1 aromatic rings. The van der Waals surface area contributed by atoms with Crippen LogP contribution in [0.1, 0.15) is 40.0 Å². The van der Waals surface area contributed by atoms with Crippen LogP contribution in [-0.4, -0.2) is 11.7 Å². The van der Waals surface area contributed by atoms with Gasteiger partial charge >= 0.3 is 0 Å². The van der Waals surface area contributed by atoms with Crippen LogP contribution in [0.15, 0.2) is 28.7 Å². The van der Waals surface area contributed by atoms with Gasteiger partial charge in [0.2, 0.25) is 5.91 Å². The fourth-order valence-corrected chi connectivity index (χ4v) is 4.55. The van der Waals surface area contributed by atoms with Gasteiger partial charge in [0, 0.05) is 16.3 Å². The Morgan fingerprint density at radius 3 is 2.38 bits per heavy atom. The second-order valence-electron chi connectivity index (χ2n) is 7.07. The highest BCUT2D eigenvalue weighted by Crippen LogP contribution is 2.70. The lowest BCUT2D eigenvalue weighted by atomic mass is 9.64. The molecular formula is C17H20BrNO2. The molecule has 2 saturated carbocycles. The van der Waals surface area contributed by atoms with E-state index in [-0.39, 0.29) is 22.5 Å². The van der Waals surface area contributed by atoms with Gasteiger partial charge in [-0.25, -0.2) is 0 Å². The predicted octanol–water partition coefficient (Wildman–Crippen LogP) is 4.17. The summed E-state index contributed by atoms with van der Waals surface area (Å²) >= 11 is 3.45. The van der Waals surface area contributed by atoms with Crippen molar-refractivity contribution in [1.29, 1.82) is 0 Å². The average molecular weight is 350 g/mol. The van der Waals surface area contributed by atoms with E-state index in [4.69, 9.17) is 0 Å². The zero-order valence-electron chi connectivity index (χ0n) is 12.6. The lowest BCUT2D eigenvalue weighted by Crippen LogP contribution is -2.43. The Kier molecular flexibility index (Phi) is 3.11. The van der Waals surface area contributed by atoms with Crippen molar-refractivity contribution >= 4 is 33.3 Å². The quantitative estimate of drug-likeness (QED) is 0.870. The number of ketones is 1. The van der Waals surface area contributed by atoms with E-state index in [2.05, 4.69) is 35.1 Å². The SMILES string of the molecule is CC1(C)[C@]2(C(=O)Nc3ccccc3Br)CC[C@]1(C)C(=O)C2. The lowest BCUT2D eigenvalue weighted by molar-refractivity contribution is -0.131. The number of nitrogens with one attached hydrogen (secondary N) is 1. The third-order valence-electron chi connectivity index (χ3n) is 6.26. The Morgan fingerprint density at radius 1 is 1.19 bits per heavy atom. The van der Waals surface area contributed by atoms with Crippen LogP contribution in [0, 0.1) is 16.2 Å². The zero-order valence-corrected chi connectivity index (χ0v) is 14.2. The zero-order chi connectivity index (χ0) is 15.5. The molecule has 1 amide bonds. The second-order valence-corrected chi connectivity index (χ2v) is 7.93. The van der Waals surface area contributed by atoms with E-state index in [0.717, 1.165) is 23.0 Å². The molecule has 112 valence electrons. The van der Waals surface area contributed by atoms with E-state index in [1.807, 2.05) is 31.2 Å². The number of hydrogen-bond donors (Lipinski definition) is 1. The molecule has 3 rings (SSSR count). The standard InChI is InChI=1S/C17H20BrNO2/c1-15(2)16(3)8-9-17(15,10-13(16)20)14(21)19-12-7-5-4-6-11(12)18/h4-7H,8-10H2,1-3H3,(H,19,21)/t16-,17-/m1/s1. The summed E-state index contributed by atoms with van der Waals surface area (Å²) in [7, 11) is 0. The van der Waals surface area contributed by atoms with Crippen molar-refractivity contribution in [2.24, 2.45) is 16.2 Å². The van der Waals surface area contributed by atoms with Crippen molar-refractivity contribution in [1.82, 2.24) is 0 Å². The first-order valence-corrected chi connectivity index (χ1v) is 8.13. The maximum atomic E-state index is 13.0. The highest BCUT2D eigenvalue weighted by atomic mass is 79.9. The largest absolute Gasteiger partial charge is 0.325 e. The van der Waals surface area contributed by atoms with Gasteiger partial charge in [0.15, 0.2) is 0 Å². The van der Waals surface area contributed by atoms with Crippen LogP contribution in [0.2, 0.25) is 0 Å². The molecule has 3 nitrogen and oxygen atoms in total. The van der Waals surface area contributed by atoms with Crippen LogP contribution in [0.5, 0.6) is 0 Å². The van der Waals surface area contributed by atoms with Crippen LogP contribution in [0.4, 0.5) is 5.69 Å². The van der Waals surface area contributed by atoms with Crippen molar-refractivity contribution in [3.63, 3.8) is 0 Å². The molecule has 0 heterocycles. The van der Waals surface area contributed by atoms with Gasteiger partial charge in [0.25, 0.3) is 0 Å². The Bertz CT molecular complexity index is 639. The highest BCUT2D eigenvalue weighted by molar-refractivity contribution is 9.10. The minimum Gasteiger partial charge on any atom is -0.325 e. The van der Waals surface area contributed by atoms with Crippen LogP contribution >= 0.6 is 15.9 Å². The molecule has 2 aliphatic rings. The van der Waals surface area contributed by atoms with Crippen molar-refractivity contribution in [3.8, 4) is 0 Å². The normalized spacial score (nSPS) is 33.2. The van der Waals surface area contributed by atoms with Gasteiger partial charge in [-0.1, -0.05) is 32.9 Å². The van der Waals surface area contributed by atoms with Crippen LogP contribution in [0.25, 0.3) is 0 Å². The molecule has 2 bridgehead atoms. The maximum Gasteiger partial charge on any atom is 0.231 e. The van der Waals surface area contributed by atoms with Crippen LogP contribution < -0.4 is 5.32 Å². The van der Waals surface area contributed by atoms with Gasteiger partial charge in [-0.05, 0) is 46.3 Å². The second kappa shape index (κ2) is 4.42. The van der Waals surface area contributed by atoms with E-state index in [1.165, 1.54) is 0 Å². The molecule has 1 N–H and O–H groups in total. The number of fused-ring (bicyclic) bond motifs is 2. The van der Waals surface area contributed by atoms with Crippen molar-refractivity contribution in [3.05, 3.63) is 28.7 Å². The minimum atomic E-state index is -0.575. The van der Waals surface area contributed by atoms with E-state index in [9.17, 15) is 9.59 Å². The van der Waals surface area contributed by atoms with Crippen molar-refractivity contribution in [2.75, 3.05) is 5.32 Å². The number of amides is 1. The Labute approximate surface area is 133 Å². The maximum absolute atomic E-state index is 13.0. The number of carbonyl (C=O) groups is 2. The third-order valence-corrected chi connectivity index (χ3v) is 6.95. The number of rotatable bonds is 2. The Morgan fingerprint density at radius 2 is 1.86 bits per heavy atom. The number of halogens is 1. The fourth-order valence-electron chi connectivity index (χ4n) is 4.17. The number of anilines is 1. The molecule has 4 heteroatoms. The molecule has 2 fully saturated rings. The first kappa shape index (κ1) is 14.8. The van der Waals surface area contributed by atoms with Gasteiger partial charge in [-0.3, -0.25) is 9.59 Å². The van der Waals surface area contributed by atoms with Gasteiger partial charge in [0.05, 0.1) is 11.1 Å². The average Bonchev–Trinajstić information content (AvgIpc) is 2.72. The monoisotopic (exact) mass is 349 g/mol. The molecule has 0 spiro atoms. The number of Topliss-reactive ketones (excluding diaryl/α,β-unsaturated/α-hetero) is 1. The molecule has 21 heavy (non-hydrogen) atoms. The summed E-state index contributed by atoms with van der Waals surface area (Å²) < 4.78 is 0.859. The summed E-state index contributed by atoms with van der Waals surface area (Å²) in [6.45, 7) is 6.17. The third kappa shape index (κ3) is 1.71. The summed E-state index contributed by atoms with van der Waals surface area (Å²) in [6, 6.07) is 7.57. The van der Waals surface area contributed by atoms with Gasteiger partial charge < -0.3 is 5.32 Å². The molecule has 0 aromatic heterocycles. The van der Waals surface area contributed by atoms with Gasteiger partial charge in [-0.2, -0.15) is 0 Å². The summed E-state index contributed by atoms with van der Waals surface area (Å²) in [5, 5.41) is 3.03. The Hall–Kier alpha value is -1.16. The first-order chi connectivity index (χ1) is 9.74. The first-order valence-electron chi connectivity index (χ1n) is 7.34. The summed E-state index contributed by atoms with van der Waals surface area (Å²) in [4.78, 5) is 25.4. The van der Waals surface area contributed by atoms with E-state index in [0.29, 0.717) is 6.42 Å². The molecular weight excluding hydrogens is 330 g/mol. The van der Waals surface area contributed by atoms with Gasteiger partial charge in [-0.15, -0.1) is 0 Å². The fraction of sp³-hybridized carbons (Fsp3) is 0.529. The summed E-state index contributed by atoms with van der Waals surface area (Å²) in [6.07, 6.45) is 1.97. The number of para-hydroxylation sites is 1. The van der Waals surface area contributed by atoms with Gasteiger partial charge in [0.1, 0.15) is 5.78 Å². The molecule has 0 radical (unpaired) electrons. The van der Waals surface area contributed by atoms with E-state index < -0.39 is 5.41 Å². The molecule has 2 atom stereocenters. The highest BCUT2D eigenvalue weighted by Gasteiger charge is 2.72. The topological polar surface area (TPSA) is 46.2 Å². The molecule has 1 aromatic carbocycles. The minimum absolute atomic E-state index is 0.0195. The molecule has 0 saturated heterocycles. The van der Waals surface area contributed by atoms with E-state index >= 15 is 0 Å². The number of hydrogen-bond acceptors (Lipinski definition) is 2. The smallest absolute Gasteiger partial charge is 0.231 e. The summed E-state index contributed by atoms with van der Waals surface area (Å²) in [5.74, 6) is 0.218. The Balaban J connectivity index is 1.96. The lowest BCUT2D eigenvalue weighted by Gasteiger charge is -2.38. The van der Waals surface area contributed by atoms with Crippen LogP contribution in [-0.2, 0) is 9.59 Å². The molecule has 2 aliphatic carbocycles. The van der Waals surface area contributed by atoms with Crippen LogP contribution in [0.3, 0.4) is 0 Å². The molecule has 0 aliphatic heterocycles. The van der Waals surface area contributed by atoms with Crippen molar-refractivity contribution < 1.29 is 9.59 Å². The number of carbonyl (C=O) groups excluding carboxylic acids is 2. The molecule has 0 unspecified atom stereocenters. The predicted molar refractivity (Wildman–Crippen MR) is 86.0 cm³/mol. The van der Waals surface area contributed by atoms with E-state index in [1.54, 1.807) is 0 Å². The summed E-state index contributed by atoms with van der Waals surface area (Å²) in [5.41, 5.74) is -0.477. The number of benzene rings is 1.